The summed E-state index contributed by atoms with van der Waals surface area (Å²) in [6.45, 7) is 0.959. The number of Topliss-reactive ketones (excluding diaryl/α,β-unsaturated/α-hetero) is 1. The second-order valence-electron chi connectivity index (χ2n) is 8.74. The molecule has 1 aliphatic carbocycles. The second-order valence-corrected chi connectivity index (χ2v) is 8.74. The monoisotopic (exact) mass is 418 g/mol. The minimum atomic E-state index is -0.455. The van der Waals surface area contributed by atoms with Gasteiger partial charge in [-0.05, 0) is 49.9 Å². The smallest absolute Gasteiger partial charge is 0.257 e. The number of carbonyl (C=O) groups is 3. The third-order valence-electron chi connectivity index (χ3n) is 6.85. The predicted molar refractivity (Wildman–Crippen MR) is 120 cm³/mol. The maximum Gasteiger partial charge on any atom is 0.257 e. The van der Waals surface area contributed by atoms with Crippen molar-refractivity contribution in [2.45, 2.75) is 56.4 Å². The molecule has 162 valence electrons. The van der Waals surface area contributed by atoms with E-state index in [4.69, 9.17) is 0 Å². The van der Waals surface area contributed by atoms with Gasteiger partial charge in [-0.25, -0.2) is 0 Å². The largest absolute Gasteiger partial charge is 0.297 e. The number of likely N-dealkylation sites (tertiary alicyclic amines) is 1. The van der Waals surface area contributed by atoms with E-state index in [1.807, 2.05) is 29.2 Å². The Morgan fingerprint density at radius 3 is 2.19 bits per heavy atom. The van der Waals surface area contributed by atoms with Crippen molar-refractivity contribution in [3.63, 3.8) is 0 Å². The Labute approximate surface area is 183 Å². The average molecular weight is 419 g/mol. The molecule has 5 heteroatoms. The summed E-state index contributed by atoms with van der Waals surface area (Å²) in [5.74, 6) is -0.499. The molecule has 2 aliphatic rings. The van der Waals surface area contributed by atoms with Crippen molar-refractivity contribution in [3.05, 3.63) is 71.8 Å². The quantitative estimate of drug-likeness (QED) is 0.723. The summed E-state index contributed by atoms with van der Waals surface area (Å²) < 4.78 is 0. The van der Waals surface area contributed by atoms with Crippen molar-refractivity contribution < 1.29 is 14.4 Å². The number of benzene rings is 2. The first-order chi connectivity index (χ1) is 15.1. The summed E-state index contributed by atoms with van der Waals surface area (Å²) in [6, 6.07) is 18.4. The molecule has 0 bridgehead atoms. The highest BCUT2D eigenvalue weighted by Gasteiger charge is 2.43. The first-order valence-electron chi connectivity index (χ1n) is 11.3. The summed E-state index contributed by atoms with van der Waals surface area (Å²) in [7, 11) is 0. The summed E-state index contributed by atoms with van der Waals surface area (Å²) in [5, 5.41) is 2.53. The number of nitrogens with one attached hydrogen (secondary N) is 1. The Morgan fingerprint density at radius 1 is 0.871 bits per heavy atom. The number of carbonyl (C=O) groups excluding carboxylic acids is 3. The highest BCUT2D eigenvalue weighted by molar-refractivity contribution is 6.06. The second kappa shape index (κ2) is 9.56. The normalized spacial score (nSPS) is 20.8. The van der Waals surface area contributed by atoms with Crippen molar-refractivity contribution in [1.82, 2.24) is 10.2 Å². The van der Waals surface area contributed by atoms with Gasteiger partial charge >= 0.3 is 0 Å². The van der Waals surface area contributed by atoms with Crippen molar-refractivity contribution >= 4 is 17.6 Å². The third-order valence-corrected chi connectivity index (χ3v) is 6.85. The number of nitrogens with zero attached hydrogens (tertiary/aromatic N) is 1. The highest BCUT2D eigenvalue weighted by atomic mass is 16.2. The van der Waals surface area contributed by atoms with Crippen LogP contribution in [0, 0.1) is 0 Å². The zero-order valence-electron chi connectivity index (χ0n) is 17.9. The van der Waals surface area contributed by atoms with Crippen LogP contribution >= 0.6 is 0 Å². The number of hydrogen-bond donors (Lipinski definition) is 1. The van der Waals surface area contributed by atoms with Crippen molar-refractivity contribution in [1.29, 1.82) is 0 Å². The molecule has 1 N–H and O–H groups in total. The topological polar surface area (TPSA) is 66.5 Å². The molecule has 1 saturated heterocycles. The molecule has 0 aromatic heterocycles. The van der Waals surface area contributed by atoms with Crippen LogP contribution in [0.4, 0.5) is 0 Å². The number of ketones is 1. The molecular formula is C26H30N2O3. The Morgan fingerprint density at radius 2 is 1.52 bits per heavy atom. The lowest BCUT2D eigenvalue weighted by molar-refractivity contribution is -0.129. The van der Waals surface area contributed by atoms with E-state index in [2.05, 4.69) is 17.4 Å². The first kappa shape index (κ1) is 21.4. The Kier molecular flexibility index (Phi) is 6.62. The summed E-state index contributed by atoms with van der Waals surface area (Å²) in [6.07, 6.45) is 6.52. The van der Waals surface area contributed by atoms with Crippen molar-refractivity contribution in [2.24, 2.45) is 0 Å². The maximum atomic E-state index is 13.6. The molecule has 31 heavy (non-hydrogen) atoms. The fourth-order valence-electron chi connectivity index (χ4n) is 5.15. The summed E-state index contributed by atoms with van der Waals surface area (Å²) >= 11 is 0. The minimum absolute atomic E-state index is 0.201. The fourth-order valence-corrected chi connectivity index (χ4v) is 5.15. The summed E-state index contributed by atoms with van der Waals surface area (Å²) in [4.78, 5) is 40.9. The van der Waals surface area contributed by atoms with Crippen LogP contribution in [0.15, 0.2) is 60.7 Å². The summed E-state index contributed by atoms with van der Waals surface area (Å²) in [5.41, 5.74) is 1.10. The molecule has 1 atom stereocenters. The molecule has 1 aliphatic heterocycles. The lowest BCUT2D eigenvalue weighted by Crippen LogP contribution is -2.50. The van der Waals surface area contributed by atoms with Crippen LogP contribution in [-0.2, 0) is 15.0 Å². The van der Waals surface area contributed by atoms with E-state index in [-0.39, 0.29) is 18.2 Å². The van der Waals surface area contributed by atoms with Gasteiger partial charge in [-0.1, -0.05) is 67.8 Å². The Balaban J connectivity index is 1.46. The molecule has 2 fully saturated rings. The fraction of sp³-hybridized carbons (Fsp3) is 0.423. The van der Waals surface area contributed by atoms with Gasteiger partial charge in [0.25, 0.3) is 5.91 Å². The molecule has 0 unspecified atom stereocenters. The highest BCUT2D eigenvalue weighted by Crippen LogP contribution is 2.40. The number of hydrogen-bond acceptors (Lipinski definition) is 4. The van der Waals surface area contributed by atoms with Crippen molar-refractivity contribution in [2.75, 3.05) is 13.1 Å². The van der Waals surface area contributed by atoms with E-state index in [0.29, 0.717) is 18.5 Å². The molecule has 0 spiro atoms. The van der Waals surface area contributed by atoms with Crippen LogP contribution in [0.1, 0.15) is 60.9 Å². The van der Waals surface area contributed by atoms with E-state index in [1.165, 1.54) is 0 Å². The molecule has 0 radical (unpaired) electrons. The van der Waals surface area contributed by atoms with Gasteiger partial charge in [0, 0.05) is 5.56 Å². The van der Waals surface area contributed by atoms with Crippen LogP contribution in [-0.4, -0.2) is 41.6 Å². The van der Waals surface area contributed by atoms with E-state index in [0.717, 1.165) is 44.1 Å². The van der Waals surface area contributed by atoms with Gasteiger partial charge in [-0.3, -0.25) is 24.6 Å². The molecular weight excluding hydrogens is 388 g/mol. The molecule has 5 nitrogen and oxygen atoms in total. The molecule has 2 amide bonds. The van der Waals surface area contributed by atoms with Gasteiger partial charge in [-0.15, -0.1) is 0 Å². The van der Waals surface area contributed by atoms with Crippen LogP contribution in [0.2, 0.25) is 0 Å². The van der Waals surface area contributed by atoms with Crippen LogP contribution in [0.25, 0.3) is 0 Å². The van der Waals surface area contributed by atoms with E-state index >= 15 is 0 Å². The van der Waals surface area contributed by atoms with Gasteiger partial charge in [0.1, 0.15) is 0 Å². The van der Waals surface area contributed by atoms with Gasteiger partial charge in [0.05, 0.1) is 18.0 Å². The standard InChI is InChI=1S/C26H30N2O3/c29-23(26(16-8-3-9-17-26)21-13-6-2-7-14-21)19-28-18-10-15-22(28)25(31)27-24(30)20-11-4-1-5-12-20/h1-2,4-7,11-14,22H,3,8-10,15-19H2,(H,27,30,31)/t22-/m0/s1. The molecule has 1 heterocycles. The number of amides is 2. The van der Waals surface area contributed by atoms with Gasteiger partial charge < -0.3 is 0 Å². The van der Waals surface area contributed by atoms with Gasteiger partial charge in [-0.2, -0.15) is 0 Å². The lowest BCUT2D eigenvalue weighted by Gasteiger charge is -2.38. The van der Waals surface area contributed by atoms with Crippen LogP contribution in [0.3, 0.4) is 0 Å². The minimum Gasteiger partial charge on any atom is -0.297 e. The zero-order chi connectivity index (χ0) is 21.7. The van der Waals surface area contributed by atoms with Crippen LogP contribution in [0.5, 0.6) is 0 Å². The zero-order valence-corrected chi connectivity index (χ0v) is 17.9. The van der Waals surface area contributed by atoms with E-state index in [1.54, 1.807) is 24.3 Å². The molecule has 4 rings (SSSR count). The number of imide groups is 1. The lowest BCUT2D eigenvalue weighted by atomic mass is 9.66. The van der Waals surface area contributed by atoms with Gasteiger partial charge in [0.2, 0.25) is 5.91 Å². The molecule has 1 saturated carbocycles. The van der Waals surface area contributed by atoms with E-state index in [9.17, 15) is 14.4 Å². The predicted octanol–water partition coefficient (Wildman–Crippen LogP) is 3.88. The third kappa shape index (κ3) is 4.62. The molecule has 2 aromatic carbocycles. The van der Waals surface area contributed by atoms with Gasteiger partial charge in [0.15, 0.2) is 5.78 Å². The first-order valence-corrected chi connectivity index (χ1v) is 11.3. The average Bonchev–Trinajstić information content (AvgIpc) is 3.29. The Hall–Kier alpha value is -2.79. The number of rotatable bonds is 6. The Bertz CT molecular complexity index is 920. The van der Waals surface area contributed by atoms with Crippen molar-refractivity contribution in [3.8, 4) is 0 Å². The van der Waals surface area contributed by atoms with E-state index < -0.39 is 17.4 Å². The molecule has 2 aromatic rings. The van der Waals surface area contributed by atoms with Crippen LogP contribution < -0.4 is 5.32 Å². The maximum absolute atomic E-state index is 13.6. The SMILES string of the molecule is O=C(NC(=O)[C@@H]1CCCN1CC(=O)C1(c2ccccc2)CCCCC1)c1ccccc1.